The fourth-order valence-electron chi connectivity index (χ4n) is 4.10. The topological polar surface area (TPSA) is 146 Å². The van der Waals surface area contributed by atoms with E-state index >= 15 is 0 Å². The molecule has 3 atom stereocenters. The molecule has 0 saturated carbocycles. The molecule has 36 heavy (non-hydrogen) atoms. The summed E-state index contributed by atoms with van der Waals surface area (Å²) in [6, 6.07) is 4.95. The summed E-state index contributed by atoms with van der Waals surface area (Å²) in [6.45, 7) is 6.60. The van der Waals surface area contributed by atoms with Gasteiger partial charge in [-0.1, -0.05) is 26.0 Å². The highest BCUT2D eigenvalue weighted by Gasteiger charge is 2.46. The van der Waals surface area contributed by atoms with Crippen LogP contribution in [0.5, 0.6) is 0 Å². The molecule has 0 aromatic heterocycles. The first kappa shape index (κ1) is 29.2. The molecule has 2 rings (SSSR count). The van der Waals surface area contributed by atoms with Crippen molar-refractivity contribution in [3.8, 4) is 0 Å². The minimum atomic E-state index is -1.05. The number of benzene rings is 1. The van der Waals surface area contributed by atoms with Crippen molar-refractivity contribution in [1.82, 2.24) is 5.32 Å². The maximum Gasteiger partial charge on any atom is 0.336 e. The van der Waals surface area contributed by atoms with Gasteiger partial charge < -0.3 is 29.4 Å². The van der Waals surface area contributed by atoms with E-state index in [1.807, 2.05) is 13.8 Å². The van der Waals surface area contributed by atoms with Crippen molar-refractivity contribution in [2.24, 2.45) is 5.92 Å². The van der Waals surface area contributed by atoms with E-state index in [-0.39, 0.29) is 37.7 Å². The summed E-state index contributed by atoms with van der Waals surface area (Å²) in [4.78, 5) is 37.3. The van der Waals surface area contributed by atoms with Crippen LogP contribution in [0.2, 0.25) is 0 Å². The first-order valence-electron chi connectivity index (χ1n) is 12.2. The minimum absolute atomic E-state index is 0.00454. The second kappa shape index (κ2) is 15.2. The summed E-state index contributed by atoms with van der Waals surface area (Å²) in [7, 11) is 0. The number of aliphatic hydroxyl groups excluding tert-OH is 1. The Kier molecular flexibility index (Phi) is 12.3. The Morgan fingerprint density at radius 2 is 1.67 bits per heavy atom. The Balaban J connectivity index is 2.41. The second-order valence-electron chi connectivity index (χ2n) is 8.36. The van der Waals surface area contributed by atoms with Gasteiger partial charge in [-0.15, -0.1) is 0 Å². The normalized spacial score (nSPS) is 19.5. The minimum Gasteiger partial charge on any atom is -0.463 e. The van der Waals surface area contributed by atoms with E-state index in [1.54, 1.807) is 13.0 Å². The van der Waals surface area contributed by atoms with Gasteiger partial charge in [-0.05, 0) is 25.3 Å². The zero-order valence-corrected chi connectivity index (χ0v) is 21.1. The summed E-state index contributed by atoms with van der Waals surface area (Å²) < 4.78 is 21.6. The average molecular weight is 509 g/mol. The molecule has 0 saturated heterocycles. The molecule has 200 valence electrons. The number of aliphatic hydroxyl groups is 1. The van der Waals surface area contributed by atoms with Crippen LogP contribution in [0.4, 0.5) is 5.69 Å². The number of hydrogen-bond donors (Lipinski definition) is 2. The van der Waals surface area contributed by atoms with Gasteiger partial charge in [0, 0.05) is 37.0 Å². The third-order valence-corrected chi connectivity index (χ3v) is 5.67. The van der Waals surface area contributed by atoms with Crippen molar-refractivity contribution >= 4 is 17.6 Å². The molecule has 2 N–H and O–H groups in total. The summed E-state index contributed by atoms with van der Waals surface area (Å²) in [5, 5.41) is 24.5. The Morgan fingerprint density at radius 1 is 1.03 bits per heavy atom. The predicted molar refractivity (Wildman–Crippen MR) is 130 cm³/mol. The van der Waals surface area contributed by atoms with E-state index in [4.69, 9.17) is 18.9 Å². The summed E-state index contributed by atoms with van der Waals surface area (Å²) in [5.74, 6) is -3.35. The van der Waals surface area contributed by atoms with Gasteiger partial charge in [0.2, 0.25) is 0 Å². The number of rotatable bonds is 15. The smallest absolute Gasteiger partial charge is 0.336 e. The van der Waals surface area contributed by atoms with E-state index in [0.29, 0.717) is 24.5 Å². The first-order valence-corrected chi connectivity index (χ1v) is 12.2. The molecule has 1 heterocycles. The molecule has 1 aromatic carbocycles. The van der Waals surface area contributed by atoms with Crippen molar-refractivity contribution in [2.75, 3.05) is 46.2 Å². The fourth-order valence-corrected chi connectivity index (χ4v) is 4.10. The Bertz CT molecular complexity index is 919. The number of non-ortho nitro benzene ring substituents is 1. The molecule has 1 aliphatic rings. The number of carbonyl (C=O) groups is 2. The molecule has 0 aliphatic carbocycles. The number of carbonyl (C=O) groups excluding carboxylic acids is 2. The lowest BCUT2D eigenvalue weighted by Gasteiger charge is -2.38. The maximum absolute atomic E-state index is 13.3. The van der Waals surface area contributed by atoms with Crippen molar-refractivity contribution in [3.05, 3.63) is 51.2 Å². The quantitative estimate of drug-likeness (QED) is 0.157. The molecule has 0 radical (unpaired) electrons. The van der Waals surface area contributed by atoms with Crippen molar-refractivity contribution < 1.29 is 38.6 Å². The van der Waals surface area contributed by atoms with Gasteiger partial charge in [0.1, 0.15) is 13.2 Å². The zero-order chi connectivity index (χ0) is 26.5. The molecular weight excluding hydrogens is 472 g/mol. The van der Waals surface area contributed by atoms with E-state index in [2.05, 4.69) is 5.32 Å². The van der Waals surface area contributed by atoms with E-state index in [1.165, 1.54) is 18.2 Å². The molecular formula is C25H36N2O9. The molecule has 0 fully saturated rings. The van der Waals surface area contributed by atoms with Crippen LogP contribution in [0.25, 0.3) is 0 Å². The van der Waals surface area contributed by atoms with Crippen LogP contribution in [0, 0.1) is 16.0 Å². The maximum atomic E-state index is 13.3. The van der Waals surface area contributed by atoms with Crippen LogP contribution in [0.15, 0.2) is 35.5 Å². The lowest BCUT2D eigenvalue weighted by atomic mass is 9.73. The van der Waals surface area contributed by atoms with E-state index in [9.17, 15) is 24.8 Å². The molecule has 0 bridgehead atoms. The van der Waals surface area contributed by atoms with Crippen LogP contribution in [-0.4, -0.2) is 74.3 Å². The SMILES string of the molecule is CCCOCCOC(=O)C1=C(C)NC(CO)C(C(=O)OCCOCCC)C1c1cccc([N+](=O)[O-])c1. The van der Waals surface area contributed by atoms with Gasteiger partial charge >= 0.3 is 11.9 Å². The van der Waals surface area contributed by atoms with Gasteiger partial charge in [-0.2, -0.15) is 0 Å². The lowest BCUT2D eigenvalue weighted by Crippen LogP contribution is -2.51. The van der Waals surface area contributed by atoms with Crippen molar-refractivity contribution in [3.63, 3.8) is 0 Å². The van der Waals surface area contributed by atoms with Gasteiger partial charge in [-0.3, -0.25) is 14.9 Å². The first-order chi connectivity index (χ1) is 17.3. The largest absolute Gasteiger partial charge is 0.463 e. The molecule has 1 aliphatic heterocycles. The van der Waals surface area contributed by atoms with Gasteiger partial charge in [-0.25, -0.2) is 4.79 Å². The van der Waals surface area contributed by atoms with Crippen molar-refractivity contribution in [2.45, 2.75) is 45.6 Å². The monoisotopic (exact) mass is 508 g/mol. The third-order valence-electron chi connectivity index (χ3n) is 5.67. The zero-order valence-electron chi connectivity index (χ0n) is 21.1. The second-order valence-corrected chi connectivity index (χ2v) is 8.36. The van der Waals surface area contributed by atoms with E-state index in [0.717, 1.165) is 12.8 Å². The Hall–Kier alpha value is -3.02. The van der Waals surface area contributed by atoms with Gasteiger partial charge in [0.25, 0.3) is 5.69 Å². The van der Waals surface area contributed by atoms with E-state index < -0.39 is 41.3 Å². The number of nitrogens with one attached hydrogen (secondary N) is 1. The van der Waals surface area contributed by atoms with Crippen LogP contribution in [0.3, 0.4) is 0 Å². The van der Waals surface area contributed by atoms with Crippen LogP contribution >= 0.6 is 0 Å². The number of allylic oxidation sites excluding steroid dienone is 1. The Morgan fingerprint density at radius 3 is 2.25 bits per heavy atom. The average Bonchev–Trinajstić information content (AvgIpc) is 2.87. The molecule has 11 nitrogen and oxygen atoms in total. The van der Waals surface area contributed by atoms with Crippen LogP contribution in [-0.2, 0) is 28.5 Å². The summed E-state index contributed by atoms with van der Waals surface area (Å²) in [5.41, 5.74) is 0.715. The molecule has 1 aromatic rings. The number of ether oxygens (including phenoxy) is 4. The standard InChI is InChI=1S/C25H36N2O9/c1-4-9-33-11-13-35-24(29)21-17(3)26-20(16-28)23(25(30)36-14-12-34-10-5-2)22(21)18-7-6-8-19(15-18)27(31)32/h6-8,15,20,22-23,26,28H,4-5,9-14,16H2,1-3H3. The fraction of sp³-hybridized carbons (Fsp3) is 0.600. The highest BCUT2D eigenvalue weighted by atomic mass is 16.6. The van der Waals surface area contributed by atoms with Crippen LogP contribution in [0.1, 0.15) is 45.1 Å². The molecule has 0 spiro atoms. The summed E-state index contributed by atoms with van der Waals surface area (Å²) >= 11 is 0. The third kappa shape index (κ3) is 8.00. The molecule has 3 unspecified atom stereocenters. The number of hydrogen-bond acceptors (Lipinski definition) is 10. The summed E-state index contributed by atoms with van der Waals surface area (Å²) in [6.07, 6.45) is 1.65. The van der Waals surface area contributed by atoms with Gasteiger partial charge in [0.15, 0.2) is 0 Å². The van der Waals surface area contributed by atoms with Gasteiger partial charge in [0.05, 0.1) is 42.3 Å². The predicted octanol–water partition coefficient (Wildman–Crippen LogP) is 2.47. The molecule has 11 heteroatoms. The number of esters is 2. The lowest BCUT2D eigenvalue weighted by molar-refractivity contribution is -0.384. The van der Waals surface area contributed by atoms with Crippen LogP contribution < -0.4 is 5.32 Å². The number of nitro benzene ring substituents is 1. The molecule has 0 amide bonds. The highest BCUT2D eigenvalue weighted by molar-refractivity contribution is 5.93. The highest BCUT2D eigenvalue weighted by Crippen LogP contribution is 2.41. The number of nitro groups is 1. The number of nitrogens with zero attached hydrogens (tertiary/aromatic N) is 1. The van der Waals surface area contributed by atoms with Crippen molar-refractivity contribution in [1.29, 1.82) is 0 Å². The Labute approximate surface area is 210 Å².